The zero-order valence-corrected chi connectivity index (χ0v) is 27.3. The predicted octanol–water partition coefficient (Wildman–Crippen LogP) is 6.32. The Labute approximate surface area is 263 Å². The van der Waals surface area contributed by atoms with E-state index < -0.39 is 57.6 Å². The standard InChI is InChI=1S/C32H54NO10P/c1-3-5-6-7-8-9-10-11-12-13-14-15-16-17-18-19-20-21-22-24-30(35)33-29(32(37)38)27-43-44(39,40)42-26-28(34)25-41-31(36)23-4-2/h8-9,11-12,14-15,17-18,28-29,34H,3-7,10,13,16,19-27H2,1-2H3,(H,33,35)(H,37,38)(H,39,40)/b9-8-,12-11-,15-14-,18-17-. The summed E-state index contributed by atoms with van der Waals surface area (Å²) >= 11 is 0. The average molecular weight is 644 g/mol. The largest absolute Gasteiger partial charge is 0.480 e. The van der Waals surface area contributed by atoms with Crippen molar-refractivity contribution in [3.63, 3.8) is 0 Å². The van der Waals surface area contributed by atoms with Gasteiger partial charge >= 0.3 is 19.8 Å². The minimum Gasteiger partial charge on any atom is -0.480 e. The Bertz CT molecular complexity index is 947. The van der Waals surface area contributed by atoms with E-state index in [2.05, 4.69) is 69.9 Å². The first-order valence-corrected chi connectivity index (χ1v) is 17.2. The molecular weight excluding hydrogens is 589 g/mol. The molecule has 0 radical (unpaired) electrons. The number of carbonyl (C=O) groups is 3. The van der Waals surface area contributed by atoms with E-state index in [1.165, 1.54) is 25.7 Å². The molecule has 0 aromatic heterocycles. The second-order valence-electron chi connectivity index (χ2n) is 10.3. The Kier molecular flexibility index (Phi) is 26.3. The van der Waals surface area contributed by atoms with Gasteiger partial charge in [-0.15, -0.1) is 0 Å². The van der Waals surface area contributed by atoms with Crippen LogP contribution < -0.4 is 5.32 Å². The first-order valence-electron chi connectivity index (χ1n) is 15.7. The van der Waals surface area contributed by atoms with Crippen LogP contribution >= 0.6 is 7.82 Å². The molecule has 0 aliphatic rings. The summed E-state index contributed by atoms with van der Waals surface area (Å²) in [4.78, 5) is 44.7. The second kappa shape index (κ2) is 28.0. The summed E-state index contributed by atoms with van der Waals surface area (Å²) in [5.41, 5.74) is 0. The van der Waals surface area contributed by atoms with Crippen molar-refractivity contribution in [3.8, 4) is 0 Å². The highest BCUT2D eigenvalue weighted by molar-refractivity contribution is 7.47. The van der Waals surface area contributed by atoms with Crippen LogP contribution in [0.1, 0.15) is 104 Å². The Balaban J connectivity index is 4.04. The van der Waals surface area contributed by atoms with Crippen molar-refractivity contribution in [3.05, 3.63) is 48.6 Å². The third-order valence-electron chi connectivity index (χ3n) is 6.09. The van der Waals surface area contributed by atoms with Crippen LogP contribution in [0.2, 0.25) is 0 Å². The van der Waals surface area contributed by atoms with Crippen LogP contribution in [-0.2, 0) is 32.7 Å². The Morgan fingerprint density at radius 3 is 1.82 bits per heavy atom. The molecule has 11 nitrogen and oxygen atoms in total. The summed E-state index contributed by atoms with van der Waals surface area (Å²) in [5.74, 6) is -2.49. The number of unbranched alkanes of at least 4 members (excludes halogenated alkanes) is 6. The molecule has 0 rings (SSSR count). The third-order valence-corrected chi connectivity index (χ3v) is 7.04. The van der Waals surface area contributed by atoms with E-state index in [0.717, 1.165) is 38.5 Å². The molecule has 0 aliphatic heterocycles. The maximum Gasteiger partial charge on any atom is 0.472 e. The van der Waals surface area contributed by atoms with Gasteiger partial charge < -0.3 is 25.2 Å². The van der Waals surface area contributed by atoms with Gasteiger partial charge in [-0.2, -0.15) is 0 Å². The number of phosphoric ester groups is 1. The summed E-state index contributed by atoms with van der Waals surface area (Å²) < 4.78 is 26.1. The number of aliphatic hydroxyl groups excluding tert-OH is 1. The Hall–Kier alpha value is -2.56. The van der Waals surface area contributed by atoms with Crippen molar-refractivity contribution in [2.75, 3.05) is 19.8 Å². The number of hydrogen-bond donors (Lipinski definition) is 4. The summed E-state index contributed by atoms with van der Waals surface area (Å²) in [6.07, 6.45) is 27.7. The van der Waals surface area contributed by atoms with Crippen molar-refractivity contribution in [1.82, 2.24) is 5.32 Å². The number of carboxylic acids is 1. The molecule has 0 heterocycles. The minimum atomic E-state index is -4.73. The third kappa shape index (κ3) is 27.0. The van der Waals surface area contributed by atoms with E-state index in [9.17, 15) is 34.1 Å². The molecule has 0 saturated carbocycles. The average Bonchev–Trinajstić information content (AvgIpc) is 2.98. The fourth-order valence-corrected chi connectivity index (χ4v) is 4.40. The van der Waals surface area contributed by atoms with Crippen LogP contribution in [0.15, 0.2) is 48.6 Å². The fraction of sp³-hybridized carbons (Fsp3) is 0.656. The topological polar surface area (TPSA) is 169 Å². The molecule has 0 fully saturated rings. The Morgan fingerprint density at radius 1 is 0.727 bits per heavy atom. The predicted molar refractivity (Wildman–Crippen MR) is 171 cm³/mol. The van der Waals surface area contributed by atoms with Gasteiger partial charge in [-0.3, -0.25) is 18.6 Å². The van der Waals surface area contributed by atoms with Crippen LogP contribution in [0.4, 0.5) is 0 Å². The van der Waals surface area contributed by atoms with Crippen LogP contribution in [-0.4, -0.2) is 64.9 Å². The van der Waals surface area contributed by atoms with E-state index in [1.54, 1.807) is 6.92 Å². The lowest BCUT2D eigenvalue weighted by Gasteiger charge is -2.18. The van der Waals surface area contributed by atoms with E-state index in [0.29, 0.717) is 12.8 Å². The molecule has 0 aliphatic carbocycles. The lowest BCUT2D eigenvalue weighted by atomic mass is 10.1. The molecule has 4 N–H and O–H groups in total. The van der Waals surface area contributed by atoms with Gasteiger partial charge in [0.25, 0.3) is 0 Å². The van der Waals surface area contributed by atoms with Crippen molar-refractivity contribution in [1.29, 1.82) is 0 Å². The summed E-state index contributed by atoms with van der Waals surface area (Å²) in [6.45, 7) is 2.06. The van der Waals surface area contributed by atoms with E-state index in [4.69, 9.17) is 4.74 Å². The number of rotatable bonds is 28. The molecule has 0 aromatic rings. The number of hydrogen-bond acceptors (Lipinski definition) is 8. The Morgan fingerprint density at radius 2 is 1.27 bits per heavy atom. The van der Waals surface area contributed by atoms with Crippen LogP contribution in [0.3, 0.4) is 0 Å². The molecule has 12 heteroatoms. The molecule has 3 unspecified atom stereocenters. The molecule has 0 bridgehead atoms. The van der Waals surface area contributed by atoms with Gasteiger partial charge in [0.15, 0.2) is 6.04 Å². The summed E-state index contributed by atoms with van der Waals surface area (Å²) in [5, 5.41) is 21.3. The van der Waals surface area contributed by atoms with Crippen LogP contribution in [0.5, 0.6) is 0 Å². The quantitative estimate of drug-likeness (QED) is 0.0328. The van der Waals surface area contributed by atoms with Gasteiger partial charge in [0.1, 0.15) is 12.7 Å². The first-order chi connectivity index (χ1) is 21.1. The highest BCUT2D eigenvalue weighted by Gasteiger charge is 2.28. The number of phosphoric acid groups is 1. The number of aliphatic hydroxyl groups is 1. The summed E-state index contributed by atoms with van der Waals surface area (Å²) in [7, 11) is -4.73. The molecule has 1 amide bonds. The number of carbonyl (C=O) groups excluding carboxylic acids is 2. The summed E-state index contributed by atoms with van der Waals surface area (Å²) in [6, 6.07) is -1.56. The molecule has 44 heavy (non-hydrogen) atoms. The normalized spacial score (nSPS) is 14.8. The maximum atomic E-state index is 12.2. The number of esters is 1. The van der Waals surface area contributed by atoms with E-state index in [1.807, 2.05) is 0 Å². The highest BCUT2D eigenvalue weighted by atomic mass is 31.2. The number of allylic oxidation sites excluding steroid dienone is 8. The zero-order valence-electron chi connectivity index (χ0n) is 26.4. The van der Waals surface area contributed by atoms with Crippen LogP contribution in [0.25, 0.3) is 0 Å². The van der Waals surface area contributed by atoms with Gasteiger partial charge in [0, 0.05) is 12.8 Å². The van der Waals surface area contributed by atoms with Crippen molar-refractivity contribution >= 4 is 25.7 Å². The molecule has 252 valence electrons. The lowest BCUT2D eigenvalue weighted by molar-refractivity contribution is -0.147. The second-order valence-corrected chi connectivity index (χ2v) is 11.7. The zero-order chi connectivity index (χ0) is 32.9. The van der Waals surface area contributed by atoms with Gasteiger partial charge in [-0.25, -0.2) is 9.36 Å². The van der Waals surface area contributed by atoms with Crippen molar-refractivity contribution in [2.24, 2.45) is 0 Å². The number of amides is 1. The van der Waals surface area contributed by atoms with Gasteiger partial charge in [0.2, 0.25) is 5.91 Å². The number of carboxylic acid groups (broad SMARTS) is 1. The smallest absolute Gasteiger partial charge is 0.472 e. The molecular formula is C32H54NO10P. The number of aliphatic carboxylic acids is 1. The molecule has 0 aromatic carbocycles. The monoisotopic (exact) mass is 643 g/mol. The van der Waals surface area contributed by atoms with E-state index in [-0.39, 0.29) is 12.8 Å². The van der Waals surface area contributed by atoms with Gasteiger partial charge in [-0.05, 0) is 57.8 Å². The van der Waals surface area contributed by atoms with E-state index >= 15 is 0 Å². The maximum absolute atomic E-state index is 12.2. The molecule has 0 saturated heterocycles. The van der Waals surface area contributed by atoms with Crippen LogP contribution in [0, 0.1) is 0 Å². The first kappa shape index (κ1) is 41.4. The van der Waals surface area contributed by atoms with Crippen molar-refractivity contribution in [2.45, 2.75) is 116 Å². The van der Waals surface area contributed by atoms with Crippen molar-refractivity contribution < 1.29 is 47.8 Å². The fourth-order valence-electron chi connectivity index (χ4n) is 3.63. The SMILES string of the molecule is CCCCC/C=C\C/C=C\C/C=C\C/C=C\CCCCCC(=O)NC(COP(=O)(O)OCC(O)COC(=O)CCC)C(=O)O. The molecule has 3 atom stereocenters. The molecule has 0 spiro atoms. The number of nitrogens with one attached hydrogen (secondary N) is 1. The van der Waals surface area contributed by atoms with Gasteiger partial charge in [0.05, 0.1) is 13.2 Å². The highest BCUT2D eigenvalue weighted by Crippen LogP contribution is 2.43. The van der Waals surface area contributed by atoms with Gasteiger partial charge in [-0.1, -0.05) is 81.7 Å². The lowest BCUT2D eigenvalue weighted by Crippen LogP contribution is -2.43. The number of ether oxygens (including phenoxy) is 1. The minimum absolute atomic E-state index is 0.106.